The van der Waals surface area contributed by atoms with Crippen molar-refractivity contribution in [3.63, 3.8) is 0 Å². The molecule has 0 saturated carbocycles. The molecule has 1 aliphatic heterocycles. The fraction of sp³-hybridized carbons (Fsp3) is 0.409. The number of carbonyl (C=O) groups is 1. The molecule has 7 heteroatoms. The molecule has 1 saturated heterocycles. The van der Waals surface area contributed by atoms with E-state index in [0.29, 0.717) is 0 Å². The van der Waals surface area contributed by atoms with Gasteiger partial charge in [-0.2, -0.15) is 0 Å². The summed E-state index contributed by atoms with van der Waals surface area (Å²) < 4.78 is 2.13. The zero-order valence-corrected chi connectivity index (χ0v) is 18.2. The summed E-state index contributed by atoms with van der Waals surface area (Å²) in [5, 5.41) is 13.7. The average molecular weight is 410 g/mol. The Labute approximate surface area is 175 Å². The standard InChI is InChI=1S/C22H27N5OS/c1-14-5-8-19(13-15(14)2)23-20(28)18-9-11-26(12-10-18)21-24-25-22(29-21)27-16(3)6-7-17(27)4/h5-8,13,18H,9-12H2,1-4H3,(H,23,28). The summed E-state index contributed by atoms with van der Waals surface area (Å²) in [6.45, 7) is 9.94. The number of piperidine rings is 1. The molecular formula is C22H27N5OS. The van der Waals surface area contributed by atoms with Crippen LogP contribution in [-0.2, 0) is 4.79 Å². The molecule has 6 nitrogen and oxygen atoms in total. The number of aromatic nitrogens is 3. The van der Waals surface area contributed by atoms with E-state index >= 15 is 0 Å². The van der Waals surface area contributed by atoms with Crippen molar-refractivity contribution in [1.29, 1.82) is 0 Å². The Morgan fingerprint density at radius 1 is 0.966 bits per heavy atom. The van der Waals surface area contributed by atoms with Crippen molar-refractivity contribution in [2.24, 2.45) is 5.92 Å². The number of nitrogens with zero attached hydrogens (tertiary/aromatic N) is 4. The lowest BCUT2D eigenvalue weighted by atomic mass is 9.96. The zero-order valence-electron chi connectivity index (χ0n) is 17.4. The third-order valence-electron chi connectivity index (χ3n) is 5.78. The number of carbonyl (C=O) groups excluding carboxylic acids is 1. The topological polar surface area (TPSA) is 63.1 Å². The number of hydrogen-bond donors (Lipinski definition) is 1. The lowest BCUT2D eigenvalue weighted by Crippen LogP contribution is -2.38. The molecule has 0 spiro atoms. The minimum absolute atomic E-state index is 0.0363. The maximum Gasteiger partial charge on any atom is 0.227 e. The van der Waals surface area contributed by atoms with Gasteiger partial charge in [0.15, 0.2) is 0 Å². The van der Waals surface area contributed by atoms with Gasteiger partial charge in [-0.3, -0.25) is 9.36 Å². The molecule has 29 heavy (non-hydrogen) atoms. The molecule has 2 aromatic heterocycles. The maximum absolute atomic E-state index is 12.7. The molecule has 0 atom stereocenters. The van der Waals surface area contributed by atoms with Gasteiger partial charge in [0.25, 0.3) is 0 Å². The van der Waals surface area contributed by atoms with Crippen LogP contribution in [0.3, 0.4) is 0 Å². The van der Waals surface area contributed by atoms with Crippen molar-refractivity contribution in [2.75, 3.05) is 23.3 Å². The van der Waals surface area contributed by atoms with Crippen LogP contribution in [0.5, 0.6) is 0 Å². The van der Waals surface area contributed by atoms with E-state index in [1.54, 1.807) is 11.3 Å². The van der Waals surface area contributed by atoms with Crippen molar-refractivity contribution in [2.45, 2.75) is 40.5 Å². The van der Waals surface area contributed by atoms with Crippen molar-refractivity contribution < 1.29 is 4.79 Å². The number of anilines is 2. The Morgan fingerprint density at radius 2 is 1.62 bits per heavy atom. The SMILES string of the molecule is Cc1ccc(NC(=O)C2CCN(c3nnc(-n4c(C)ccc4C)s3)CC2)cc1C. The molecule has 1 N–H and O–H groups in total. The molecule has 1 aliphatic rings. The maximum atomic E-state index is 12.7. The number of nitrogens with one attached hydrogen (secondary N) is 1. The van der Waals surface area contributed by atoms with Gasteiger partial charge in [0.2, 0.25) is 16.2 Å². The van der Waals surface area contributed by atoms with E-state index in [-0.39, 0.29) is 11.8 Å². The first-order valence-electron chi connectivity index (χ1n) is 10.0. The number of aryl methyl sites for hydroxylation is 4. The van der Waals surface area contributed by atoms with Crippen LogP contribution in [0.2, 0.25) is 0 Å². The molecule has 3 aromatic rings. The predicted molar refractivity (Wildman–Crippen MR) is 118 cm³/mol. The fourth-order valence-corrected chi connectivity index (χ4v) is 4.81. The molecule has 1 fully saturated rings. The fourth-order valence-electron chi connectivity index (χ4n) is 3.79. The minimum Gasteiger partial charge on any atom is -0.347 e. The van der Waals surface area contributed by atoms with E-state index in [4.69, 9.17) is 0 Å². The highest BCUT2D eigenvalue weighted by atomic mass is 32.1. The second-order valence-corrected chi connectivity index (χ2v) is 8.80. The number of hydrogen-bond acceptors (Lipinski definition) is 5. The third kappa shape index (κ3) is 4.05. The van der Waals surface area contributed by atoms with E-state index < -0.39 is 0 Å². The molecule has 0 bridgehead atoms. The molecule has 0 unspecified atom stereocenters. The number of benzene rings is 1. The molecular weight excluding hydrogens is 382 g/mol. The van der Waals surface area contributed by atoms with Crippen LogP contribution >= 0.6 is 11.3 Å². The van der Waals surface area contributed by atoms with Crippen LogP contribution in [-0.4, -0.2) is 33.8 Å². The minimum atomic E-state index is 0.0363. The van der Waals surface area contributed by atoms with Gasteiger partial charge in [-0.25, -0.2) is 0 Å². The lowest BCUT2D eigenvalue weighted by Gasteiger charge is -2.30. The van der Waals surface area contributed by atoms with Gasteiger partial charge in [0.05, 0.1) is 0 Å². The summed E-state index contributed by atoms with van der Waals surface area (Å²) in [6, 6.07) is 10.3. The summed E-state index contributed by atoms with van der Waals surface area (Å²) >= 11 is 1.61. The quantitative estimate of drug-likeness (QED) is 0.693. The van der Waals surface area contributed by atoms with E-state index in [9.17, 15) is 4.79 Å². The Bertz CT molecular complexity index is 1010. The van der Waals surface area contributed by atoms with E-state index in [2.05, 4.69) is 70.9 Å². The van der Waals surface area contributed by atoms with Crippen LogP contribution in [0, 0.1) is 33.6 Å². The highest BCUT2D eigenvalue weighted by Crippen LogP contribution is 2.29. The molecule has 0 aliphatic carbocycles. The molecule has 4 rings (SSSR count). The lowest BCUT2D eigenvalue weighted by molar-refractivity contribution is -0.120. The summed E-state index contributed by atoms with van der Waals surface area (Å²) in [7, 11) is 0. The second-order valence-electron chi connectivity index (χ2n) is 7.87. The van der Waals surface area contributed by atoms with Crippen molar-refractivity contribution in [3.8, 4) is 5.13 Å². The Morgan fingerprint density at radius 3 is 2.28 bits per heavy atom. The van der Waals surface area contributed by atoms with E-state index in [1.165, 1.54) is 11.1 Å². The largest absolute Gasteiger partial charge is 0.347 e. The molecule has 3 heterocycles. The van der Waals surface area contributed by atoms with Gasteiger partial charge < -0.3 is 10.2 Å². The molecule has 1 amide bonds. The van der Waals surface area contributed by atoms with Crippen LogP contribution < -0.4 is 10.2 Å². The van der Waals surface area contributed by atoms with Crippen LogP contribution in [0.25, 0.3) is 5.13 Å². The van der Waals surface area contributed by atoms with Gasteiger partial charge in [-0.05, 0) is 75.9 Å². The molecule has 0 radical (unpaired) electrons. The Kier molecular flexibility index (Phi) is 5.41. The van der Waals surface area contributed by atoms with Gasteiger partial charge in [-0.15, -0.1) is 10.2 Å². The normalized spacial score (nSPS) is 15.0. The van der Waals surface area contributed by atoms with Crippen LogP contribution in [0.4, 0.5) is 10.8 Å². The average Bonchev–Trinajstić information content (AvgIpc) is 3.31. The van der Waals surface area contributed by atoms with Crippen molar-refractivity contribution in [1.82, 2.24) is 14.8 Å². The van der Waals surface area contributed by atoms with Crippen molar-refractivity contribution >= 4 is 28.1 Å². The predicted octanol–water partition coefficient (Wildman–Crippen LogP) is 4.42. The highest BCUT2D eigenvalue weighted by molar-refractivity contribution is 7.17. The van der Waals surface area contributed by atoms with E-state index in [0.717, 1.165) is 53.3 Å². The van der Waals surface area contributed by atoms with Gasteiger partial charge >= 0.3 is 0 Å². The smallest absolute Gasteiger partial charge is 0.227 e. The van der Waals surface area contributed by atoms with Crippen molar-refractivity contribution in [3.05, 3.63) is 52.8 Å². The summed E-state index contributed by atoms with van der Waals surface area (Å²) in [5.74, 6) is 0.152. The van der Waals surface area contributed by atoms with Crippen LogP contribution in [0.15, 0.2) is 30.3 Å². The summed E-state index contributed by atoms with van der Waals surface area (Å²) in [6.07, 6.45) is 1.65. The summed E-state index contributed by atoms with van der Waals surface area (Å²) in [5.41, 5.74) is 5.63. The third-order valence-corrected chi connectivity index (χ3v) is 6.75. The monoisotopic (exact) mass is 409 g/mol. The first-order valence-corrected chi connectivity index (χ1v) is 10.9. The second kappa shape index (κ2) is 7.99. The first kappa shape index (κ1) is 19.6. The summed E-state index contributed by atoms with van der Waals surface area (Å²) in [4.78, 5) is 14.9. The zero-order chi connectivity index (χ0) is 20.5. The highest BCUT2D eigenvalue weighted by Gasteiger charge is 2.27. The Balaban J connectivity index is 1.37. The molecule has 152 valence electrons. The number of rotatable bonds is 4. The Hall–Kier alpha value is -2.67. The van der Waals surface area contributed by atoms with Gasteiger partial charge in [-0.1, -0.05) is 17.4 Å². The molecule has 1 aromatic carbocycles. The van der Waals surface area contributed by atoms with E-state index in [1.807, 2.05) is 12.1 Å². The van der Waals surface area contributed by atoms with Gasteiger partial charge in [0.1, 0.15) is 0 Å². The number of amides is 1. The van der Waals surface area contributed by atoms with Crippen LogP contribution in [0.1, 0.15) is 35.4 Å². The van der Waals surface area contributed by atoms with Gasteiger partial charge in [0, 0.05) is 36.1 Å². The first-order chi connectivity index (χ1) is 13.9.